The molecular weight excluding hydrogens is 378 g/mol. The summed E-state index contributed by atoms with van der Waals surface area (Å²) in [6.07, 6.45) is 0.930. The molecule has 160 valence electrons. The minimum absolute atomic E-state index is 0.0539. The smallest absolute Gasteiger partial charge is 0.270 e. The van der Waals surface area contributed by atoms with E-state index in [2.05, 4.69) is 57.0 Å². The van der Waals surface area contributed by atoms with Crippen LogP contribution in [0.15, 0.2) is 52.9 Å². The molecule has 0 spiro atoms. The zero-order valence-electron chi connectivity index (χ0n) is 18.7. The van der Waals surface area contributed by atoms with Gasteiger partial charge in [0.25, 0.3) is 5.69 Å². The monoisotopic (exact) mass is 409 g/mol. The number of anilines is 2. The fourth-order valence-corrected chi connectivity index (χ4v) is 4.26. The summed E-state index contributed by atoms with van der Waals surface area (Å²) in [4.78, 5) is 13.1. The predicted octanol–water partition coefficient (Wildman–Crippen LogP) is 6.60. The van der Waals surface area contributed by atoms with E-state index in [1.54, 1.807) is 12.1 Å². The number of nitro benzene ring substituents is 1. The molecule has 6 heteroatoms. The molecule has 0 bridgehead atoms. The molecule has 0 saturated carbocycles. The number of non-ortho nitro benzene ring substituents is 1. The third kappa shape index (κ3) is 5.12. The maximum atomic E-state index is 11.4. The Morgan fingerprint density at radius 1 is 1.07 bits per heavy atom. The summed E-state index contributed by atoms with van der Waals surface area (Å²) in [5.41, 5.74) is 2.58. The molecule has 1 heterocycles. The number of fused-ring (bicyclic) bond motifs is 1. The van der Waals surface area contributed by atoms with Gasteiger partial charge < -0.3 is 14.6 Å². The van der Waals surface area contributed by atoms with Gasteiger partial charge in [0.2, 0.25) is 5.88 Å². The summed E-state index contributed by atoms with van der Waals surface area (Å²) < 4.78 is 6.17. The second kappa shape index (κ2) is 8.01. The molecule has 30 heavy (non-hydrogen) atoms. The molecule has 2 aromatic carbocycles. The van der Waals surface area contributed by atoms with Crippen molar-refractivity contribution in [2.45, 2.75) is 53.1 Å². The van der Waals surface area contributed by atoms with E-state index in [9.17, 15) is 10.1 Å². The summed E-state index contributed by atoms with van der Waals surface area (Å²) in [5, 5.41) is 15.7. The number of nitro groups is 1. The van der Waals surface area contributed by atoms with Crippen LogP contribution >= 0.6 is 0 Å². The average Bonchev–Trinajstić information content (AvgIpc) is 2.96. The zero-order valence-corrected chi connectivity index (χ0v) is 18.7. The van der Waals surface area contributed by atoms with Crippen molar-refractivity contribution in [3.05, 3.63) is 64.2 Å². The molecule has 3 rings (SSSR count). The van der Waals surface area contributed by atoms with Gasteiger partial charge >= 0.3 is 0 Å². The van der Waals surface area contributed by atoms with Crippen LogP contribution < -0.4 is 10.2 Å². The topological polar surface area (TPSA) is 71.5 Å². The summed E-state index contributed by atoms with van der Waals surface area (Å²) in [6.45, 7) is 11.6. The third-order valence-corrected chi connectivity index (χ3v) is 4.92. The Balaban J connectivity index is 2.06. The van der Waals surface area contributed by atoms with Crippen molar-refractivity contribution in [2.24, 2.45) is 5.41 Å². The van der Waals surface area contributed by atoms with Crippen molar-refractivity contribution in [1.29, 1.82) is 0 Å². The Kier molecular flexibility index (Phi) is 5.79. The van der Waals surface area contributed by atoms with E-state index in [-0.39, 0.29) is 21.6 Å². The first-order valence-corrected chi connectivity index (χ1v) is 10.2. The highest BCUT2D eigenvalue weighted by Crippen LogP contribution is 2.42. The quantitative estimate of drug-likeness (QED) is 0.351. The summed E-state index contributed by atoms with van der Waals surface area (Å²) in [6, 6.07) is 14.9. The molecule has 0 saturated heterocycles. The Hall–Kier alpha value is -3.02. The fourth-order valence-electron chi connectivity index (χ4n) is 4.26. The van der Waals surface area contributed by atoms with E-state index in [1.165, 1.54) is 6.07 Å². The number of rotatable bonds is 7. The van der Waals surface area contributed by atoms with E-state index >= 15 is 0 Å². The van der Waals surface area contributed by atoms with Gasteiger partial charge in [0, 0.05) is 31.3 Å². The Morgan fingerprint density at radius 2 is 1.73 bits per heavy atom. The first kappa shape index (κ1) is 21.7. The van der Waals surface area contributed by atoms with Gasteiger partial charge in [0.15, 0.2) is 0 Å². The average molecular weight is 410 g/mol. The van der Waals surface area contributed by atoms with Gasteiger partial charge in [-0.05, 0) is 37.3 Å². The molecule has 0 aliphatic rings. The van der Waals surface area contributed by atoms with Gasteiger partial charge in [-0.1, -0.05) is 51.1 Å². The van der Waals surface area contributed by atoms with Crippen LogP contribution in [0.2, 0.25) is 0 Å². The lowest BCUT2D eigenvalue weighted by molar-refractivity contribution is -0.384. The SMILES string of the molecule is CN(Cc1ccccc1)c1c(NC(C)(C)CC(C)(C)C)oc2ccc([N+](=O)[O-])cc12. The highest BCUT2D eigenvalue weighted by molar-refractivity contribution is 5.99. The molecule has 3 aromatic rings. The molecule has 1 aromatic heterocycles. The zero-order chi connectivity index (χ0) is 22.1. The molecule has 0 amide bonds. The molecule has 0 aliphatic carbocycles. The maximum Gasteiger partial charge on any atom is 0.270 e. The van der Waals surface area contributed by atoms with E-state index in [0.29, 0.717) is 18.0 Å². The minimum Gasteiger partial charge on any atom is -0.438 e. The van der Waals surface area contributed by atoms with Crippen molar-refractivity contribution in [3.8, 4) is 0 Å². The highest BCUT2D eigenvalue weighted by Gasteiger charge is 2.29. The Morgan fingerprint density at radius 3 is 2.33 bits per heavy atom. The minimum atomic E-state index is -0.371. The summed E-state index contributed by atoms with van der Waals surface area (Å²) in [7, 11) is 1.98. The van der Waals surface area contributed by atoms with Gasteiger partial charge in [-0.15, -0.1) is 0 Å². The normalized spacial score (nSPS) is 12.2. The van der Waals surface area contributed by atoms with Crippen LogP contribution in [0.5, 0.6) is 0 Å². The molecule has 1 N–H and O–H groups in total. The first-order chi connectivity index (χ1) is 14.0. The van der Waals surface area contributed by atoms with E-state index in [4.69, 9.17) is 4.42 Å². The summed E-state index contributed by atoms with van der Waals surface area (Å²) >= 11 is 0. The largest absolute Gasteiger partial charge is 0.438 e. The van der Waals surface area contributed by atoms with Crippen molar-refractivity contribution < 1.29 is 9.34 Å². The molecule has 0 unspecified atom stereocenters. The van der Waals surface area contributed by atoms with Crippen molar-refractivity contribution in [1.82, 2.24) is 0 Å². The van der Waals surface area contributed by atoms with Crippen LogP contribution in [0.1, 0.15) is 46.6 Å². The molecule has 0 atom stereocenters. The second-order valence-corrected chi connectivity index (χ2v) is 9.81. The van der Waals surface area contributed by atoms with Crippen LogP contribution in [0, 0.1) is 15.5 Å². The van der Waals surface area contributed by atoms with Crippen LogP contribution in [-0.4, -0.2) is 17.5 Å². The van der Waals surface area contributed by atoms with Gasteiger partial charge in [0.05, 0.1) is 10.3 Å². The Bertz CT molecular complexity index is 1030. The molecular formula is C24H31N3O3. The predicted molar refractivity (Wildman–Crippen MR) is 123 cm³/mol. The number of nitrogens with one attached hydrogen (secondary N) is 1. The lowest BCUT2D eigenvalue weighted by Gasteiger charge is -2.34. The molecule has 6 nitrogen and oxygen atoms in total. The first-order valence-electron chi connectivity index (χ1n) is 10.2. The van der Waals surface area contributed by atoms with Crippen LogP contribution in [0.3, 0.4) is 0 Å². The number of furan rings is 1. The van der Waals surface area contributed by atoms with Crippen LogP contribution in [0.25, 0.3) is 11.0 Å². The molecule has 0 fully saturated rings. The fraction of sp³-hybridized carbons (Fsp3) is 0.417. The van der Waals surface area contributed by atoms with E-state index < -0.39 is 0 Å². The second-order valence-electron chi connectivity index (χ2n) is 9.81. The van der Waals surface area contributed by atoms with E-state index in [0.717, 1.165) is 23.1 Å². The van der Waals surface area contributed by atoms with Gasteiger partial charge in [-0.2, -0.15) is 0 Å². The number of hydrogen-bond acceptors (Lipinski definition) is 5. The van der Waals surface area contributed by atoms with Crippen molar-refractivity contribution >= 4 is 28.2 Å². The van der Waals surface area contributed by atoms with Gasteiger partial charge in [-0.25, -0.2) is 0 Å². The van der Waals surface area contributed by atoms with Gasteiger partial charge in [0.1, 0.15) is 11.3 Å². The van der Waals surface area contributed by atoms with Gasteiger partial charge in [-0.3, -0.25) is 10.1 Å². The van der Waals surface area contributed by atoms with Crippen molar-refractivity contribution in [3.63, 3.8) is 0 Å². The Labute approximate surface area is 178 Å². The lowest BCUT2D eigenvalue weighted by atomic mass is 9.82. The van der Waals surface area contributed by atoms with Crippen molar-refractivity contribution in [2.75, 3.05) is 17.3 Å². The lowest BCUT2D eigenvalue weighted by Crippen LogP contribution is -2.35. The van der Waals surface area contributed by atoms with Crippen LogP contribution in [-0.2, 0) is 6.54 Å². The van der Waals surface area contributed by atoms with Crippen LogP contribution in [0.4, 0.5) is 17.3 Å². The third-order valence-electron chi connectivity index (χ3n) is 4.92. The highest BCUT2D eigenvalue weighted by atomic mass is 16.6. The number of nitrogens with zero attached hydrogens (tertiary/aromatic N) is 2. The molecule has 0 aliphatic heterocycles. The summed E-state index contributed by atoms with van der Waals surface area (Å²) in [5.74, 6) is 0.637. The molecule has 0 radical (unpaired) electrons. The van der Waals surface area contributed by atoms with E-state index in [1.807, 2.05) is 25.2 Å². The standard InChI is InChI=1S/C24H31N3O3/c1-23(2,3)16-24(4,5)25-22-21(26(6)15-17-10-8-7-9-11-17)19-14-18(27(28)29)12-13-20(19)30-22/h7-14,25H,15-16H2,1-6H3. The number of benzene rings is 2. The number of hydrogen-bond donors (Lipinski definition) is 1. The maximum absolute atomic E-state index is 11.4.